The summed E-state index contributed by atoms with van der Waals surface area (Å²) in [5, 5.41) is 9.13. The van der Waals surface area contributed by atoms with E-state index in [0.29, 0.717) is 24.7 Å². The third-order valence-corrected chi connectivity index (χ3v) is 4.71. The van der Waals surface area contributed by atoms with Crippen LogP contribution in [0.1, 0.15) is 67.7 Å². The first-order valence-corrected chi connectivity index (χ1v) is 10.7. The molecule has 1 aliphatic carbocycles. The lowest BCUT2D eigenvalue weighted by atomic mass is 9.97. The number of aromatic nitrogens is 3. The molecule has 0 spiro atoms. The monoisotopic (exact) mass is 435 g/mol. The molecule has 2 aromatic heterocycles. The SMILES string of the molecule is C1CC1.Cc1cc(-c2ccnc(NC=O)c2)ccc1CNC(=O)c1noc(C(C)(C)C)n1. The number of anilines is 1. The van der Waals surface area contributed by atoms with E-state index in [1.165, 1.54) is 19.3 Å². The summed E-state index contributed by atoms with van der Waals surface area (Å²) in [7, 11) is 0. The molecule has 0 bridgehead atoms. The molecule has 0 radical (unpaired) electrons. The molecule has 0 saturated heterocycles. The number of hydrogen-bond donors (Lipinski definition) is 2. The van der Waals surface area contributed by atoms with Crippen LogP contribution in [0.4, 0.5) is 5.82 Å². The van der Waals surface area contributed by atoms with E-state index < -0.39 is 0 Å². The van der Waals surface area contributed by atoms with E-state index in [4.69, 9.17) is 4.52 Å². The van der Waals surface area contributed by atoms with Gasteiger partial charge in [-0.15, -0.1) is 0 Å². The Morgan fingerprint density at radius 2 is 1.84 bits per heavy atom. The number of aryl methyl sites for hydroxylation is 1. The van der Waals surface area contributed by atoms with Gasteiger partial charge in [0.15, 0.2) is 0 Å². The van der Waals surface area contributed by atoms with Gasteiger partial charge < -0.3 is 15.2 Å². The lowest BCUT2D eigenvalue weighted by molar-refractivity contribution is -0.105. The number of nitrogens with one attached hydrogen (secondary N) is 2. The average Bonchev–Trinajstić information content (AvgIpc) is 3.55. The topological polar surface area (TPSA) is 110 Å². The summed E-state index contributed by atoms with van der Waals surface area (Å²) in [6.45, 7) is 8.14. The molecule has 0 aliphatic heterocycles. The van der Waals surface area contributed by atoms with Crippen molar-refractivity contribution in [2.45, 2.75) is 58.9 Å². The van der Waals surface area contributed by atoms with Gasteiger partial charge in [-0.25, -0.2) is 4.98 Å². The molecule has 3 aromatic rings. The molecule has 2 amide bonds. The minimum atomic E-state index is -0.383. The molecule has 1 fully saturated rings. The van der Waals surface area contributed by atoms with E-state index in [0.717, 1.165) is 22.3 Å². The van der Waals surface area contributed by atoms with Gasteiger partial charge in [-0.3, -0.25) is 9.59 Å². The third-order valence-electron chi connectivity index (χ3n) is 4.71. The number of carbonyl (C=O) groups excluding carboxylic acids is 2. The van der Waals surface area contributed by atoms with Gasteiger partial charge in [-0.05, 0) is 41.3 Å². The molecule has 8 heteroatoms. The molecule has 2 N–H and O–H groups in total. The summed E-state index contributed by atoms with van der Waals surface area (Å²) in [6, 6.07) is 9.60. The molecule has 168 valence electrons. The minimum Gasteiger partial charge on any atom is -0.345 e. The second kappa shape index (κ2) is 10.2. The molecule has 0 atom stereocenters. The molecule has 2 heterocycles. The highest BCUT2D eigenvalue weighted by Crippen LogP contribution is 2.24. The lowest BCUT2D eigenvalue weighted by Gasteiger charge is -2.11. The number of hydrogen-bond acceptors (Lipinski definition) is 6. The second-order valence-corrected chi connectivity index (χ2v) is 8.75. The maximum atomic E-state index is 12.3. The highest BCUT2D eigenvalue weighted by atomic mass is 16.5. The van der Waals surface area contributed by atoms with E-state index in [1.54, 1.807) is 12.3 Å². The van der Waals surface area contributed by atoms with Gasteiger partial charge in [0.05, 0.1) is 0 Å². The first-order valence-electron chi connectivity index (χ1n) is 10.7. The third kappa shape index (κ3) is 6.47. The highest BCUT2D eigenvalue weighted by Gasteiger charge is 2.24. The van der Waals surface area contributed by atoms with Gasteiger partial charge in [0.2, 0.25) is 12.3 Å². The Hall–Kier alpha value is -3.55. The molecule has 1 saturated carbocycles. The normalized spacial score (nSPS) is 12.4. The van der Waals surface area contributed by atoms with Crippen LogP contribution in [0.15, 0.2) is 41.1 Å². The van der Waals surface area contributed by atoms with E-state index in [-0.39, 0.29) is 17.1 Å². The maximum Gasteiger partial charge on any atom is 0.292 e. The van der Waals surface area contributed by atoms with E-state index >= 15 is 0 Å². The molecular weight excluding hydrogens is 406 g/mol. The molecule has 1 aromatic carbocycles. The van der Waals surface area contributed by atoms with Gasteiger partial charge in [0.1, 0.15) is 5.82 Å². The van der Waals surface area contributed by atoms with Gasteiger partial charge in [-0.1, -0.05) is 63.4 Å². The summed E-state index contributed by atoms with van der Waals surface area (Å²) in [5.74, 6) is 0.549. The van der Waals surface area contributed by atoms with E-state index in [2.05, 4.69) is 25.8 Å². The van der Waals surface area contributed by atoms with Gasteiger partial charge in [0.25, 0.3) is 11.7 Å². The fourth-order valence-electron chi connectivity index (χ4n) is 2.70. The Morgan fingerprint density at radius 1 is 1.12 bits per heavy atom. The fourth-order valence-corrected chi connectivity index (χ4v) is 2.70. The van der Waals surface area contributed by atoms with Crippen molar-refractivity contribution < 1.29 is 14.1 Å². The summed E-state index contributed by atoms with van der Waals surface area (Å²) in [5.41, 5.74) is 3.60. The standard InChI is InChI=1S/C21H23N5O3.C3H6/c1-13-9-14(15-7-8-22-17(10-15)24-12-27)5-6-16(13)11-23-19(28)18-25-20(29-26-18)21(2,3)4;1-2-3-1/h5-10,12H,11H2,1-4H3,(H,23,28)(H,22,24,27);1-3H2. The van der Waals surface area contributed by atoms with E-state index in [1.807, 2.05) is 52.0 Å². The van der Waals surface area contributed by atoms with Crippen LogP contribution < -0.4 is 10.6 Å². The Labute approximate surface area is 187 Å². The maximum absolute atomic E-state index is 12.3. The fraction of sp³-hybridized carbons (Fsp3) is 0.375. The van der Waals surface area contributed by atoms with Crippen molar-refractivity contribution >= 4 is 18.1 Å². The first kappa shape index (κ1) is 23.1. The summed E-state index contributed by atoms with van der Waals surface area (Å²) >= 11 is 0. The van der Waals surface area contributed by atoms with Gasteiger partial charge in [0, 0.05) is 18.2 Å². The van der Waals surface area contributed by atoms with Crippen molar-refractivity contribution in [1.29, 1.82) is 0 Å². The number of carbonyl (C=O) groups is 2. The van der Waals surface area contributed by atoms with Crippen LogP contribution in [0, 0.1) is 6.92 Å². The predicted octanol–water partition coefficient (Wildman–Crippen LogP) is 4.41. The summed E-state index contributed by atoms with van der Waals surface area (Å²) in [4.78, 5) is 31.2. The molecule has 1 aliphatic rings. The molecular formula is C24H29N5O3. The van der Waals surface area contributed by atoms with Crippen molar-refractivity contribution in [3.05, 3.63) is 59.4 Å². The number of benzene rings is 1. The van der Waals surface area contributed by atoms with Crippen LogP contribution in [0.2, 0.25) is 0 Å². The van der Waals surface area contributed by atoms with Crippen molar-refractivity contribution in [1.82, 2.24) is 20.4 Å². The highest BCUT2D eigenvalue weighted by molar-refractivity contribution is 5.90. The van der Waals surface area contributed by atoms with Crippen molar-refractivity contribution in [2.24, 2.45) is 0 Å². The number of pyridine rings is 1. The molecule has 0 unspecified atom stereocenters. The van der Waals surface area contributed by atoms with Crippen LogP contribution in [-0.4, -0.2) is 27.4 Å². The first-order chi connectivity index (χ1) is 15.3. The van der Waals surface area contributed by atoms with Crippen molar-refractivity contribution in [3.63, 3.8) is 0 Å². The Bertz CT molecular complexity index is 1080. The Kier molecular flexibility index (Phi) is 7.35. The second-order valence-electron chi connectivity index (χ2n) is 8.75. The van der Waals surface area contributed by atoms with Crippen LogP contribution >= 0.6 is 0 Å². The van der Waals surface area contributed by atoms with Crippen molar-refractivity contribution in [3.8, 4) is 11.1 Å². The summed E-state index contributed by atoms with van der Waals surface area (Å²) < 4.78 is 5.16. The zero-order valence-corrected chi connectivity index (χ0v) is 18.9. The molecule has 32 heavy (non-hydrogen) atoms. The minimum absolute atomic E-state index is 0.0243. The number of rotatable bonds is 6. The van der Waals surface area contributed by atoms with Gasteiger partial charge >= 0.3 is 0 Å². The smallest absolute Gasteiger partial charge is 0.292 e. The van der Waals surface area contributed by atoms with Crippen LogP contribution in [0.5, 0.6) is 0 Å². The number of amides is 2. The quantitative estimate of drug-likeness (QED) is 0.555. The van der Waals surface area contributed by atoms with Crippen molar-refractivity contribution in [2.75, 3.05) is 5.32 Å². The summed E-state index contributed by atoms with van der Waals surface area (Å²) in [6.07, 6.45) is 6.73. The zero-order valence-electron chi connectivity index (χ0n) is 18.9. The van der Waals surface area contributed by atoms with Crippen LogP contribution in [-0.2, 0) is 16.8 Å². The molecule has 4 rings (SSSR count). The van der Waals surface area contributed by atoms with E-state index in [9.17, 15) is 9.59 Å². The largest absolute Gasteiger partial charge is 0.345 e. The van der Waals surface area contributed by atoms with Crippen LogP contribution in [0.3, 0.4) is 0 Å². The zero-order chi connectivity index (χ0) is 23.1. The predicted molar refractivity (Wildman–Crippen MR) is 122 cm³/mol. The average molecular weight is 436 g/mol. The van der Waals surface area contributed by atoms with Gasteiger partial charge in [-0.2, -0.15) is 4.98 Å². The number of nitrogens with zero attached hydrogens (tertiary/aromatic N) is 3. The van der Waals surface area contributed by atoms with Crippen LogP contribution in [0.25, 0.3) is 11.1 Å². The Morgan fingerprint density at radius 3 is 2.44 bits per heavy atom. The lowest BCUT2D eigenvalue weighted by Crippen LogP contribution is -2.24. The Balaban J connectivity index is 0.000000887. The molecule has 8 nitrogen and oxygen atoms in total.